The van der Waals surface area contributed by atoms with Crippen molar-refractivity contribution >= 4 is 12.1 Å². The highest BCUT2D eigenvalue weighted by Gasteiger charge is 2.15. The Bertz CT molecular complexity index is 355. The van der Waals surface area contributed by atoms with E-state index in [-0.39, 0.29) is 6.42 Å². The van der Waals surface area contributed by atoms with E-state index in [0.717, 1.165) is 38.5 Å². The first kappa shape index (κ1) is 22.7. The van der Waals surface area contributed by atoms with Crippen LogP contribution in [0.1, 0.15) is 72.1 Å². The molecule has 7 nitrogen and oxygen atoms in total. The summed E-state index contributed by atoms with van der Waals surface area (Å²) in [6, 6.07) is 0. The summed E-state index contributed by atoms with van der Waals surface area (Å²) in [7, 11) is 0. The van der Waals surface area contributed by atoms with Crippen LogP contribution in [0.2, 0.25) is 0 Å². The van der Waals surface area contributed by atoms with Crippen LogP contribution in [0.5, 0.6) is 0 Å². The molecule has 0 spiro atoms. The fourth-order valence-electron chi connectivity index (χ4n) is 2.14. The van der Waals surface area contributed by atoms with Crippen molar-refractivity contribution in [3.8, 4) is 0 Å². The summed E-state index contributed by atoms with van der Waals surface area (Å²) in [6.45, 7) is 6.30. The summed E-state index contributed by atoms with van der Waals surface area (Å²) in [5.74, 6) is -0.731. The number of unbranched alkanes of at least 4 members (excludes halogenated alkanes) is 5. The van der Waals surface area contributed by atoms with Crippen LogP contribution in [0.4, 0.5) is 4.79 Å². The van der Waals surface area contributed by atoms with Crippen molar-refractivity contribution < 1.29 is 24.5 Å². The minimum absolute atomic E-state index is 0.250. The molecule has 0 rings (SSSR count). The molecule has 0 radical (unpaired) electrons. The molecule has 24 heavy (non-hydrogen) atoms. The van der Waals surface area contributed by atoms with Gasteiger partial charge in [0.2, 0.25) is 0 Å². The maximum Gasteiger partial charge on any atom is 0.407 e. The topological polar surface area (TPSA) is 108 Å². The van der Waals surface area contributed by atoms with Crippen LogP contribution in [0.3, 0.4) is 0 Å². The first-order chi connectivity index (χ1) is 11.2. The number of carbonyl (C=O) groups excluding carboxylic acids is 1. The molecule has 0 heterocycles. The van der Waals surface area contributed by atoms with Gasteiger partial charge in [0.05, 0.1) is 0 Å². The van der Waals surface area contributed by atoms with Gasteiger partial charge in [0.15, 0.2) is 0 Å². The Morgan fingerprint density at radius 2 is 1.58 bits per heavy atom. The second kappa shape index (κ2) is 13.0. The first-order valence-electron chi connectivity index (χ1n) is 8.81. The maximum atomic E-state index is 11.4. The second-order valence-corrected chi connectivity index (χ2v) is 6.95. The predicted octanol–water partition coefficient (Wildman–Crippen LogP) is 2.62. The summed E-state index contributed by atoms with van der Waals surface area (Å²) in [6.07, 6.45) is 5.63. The zero-order valence-corrected chi connectivity index (χ0v) is 15.3. The van der Waals surface area contributed by atoms with E-state index in [0.29, 0.717) is 19.5 Å². The average Bonchev–Trinajstić information content (AvgIpc) is 2.44. The van der Waals surface area contributed by atoms with E-state index in [1.165, 1.54) is 0 Å². The Labute approximate surface area is 145 Å². The number of carboxylic acid groups (broad SMARTS) is 1. The number of aliphatic hydroxyl groups is 1. The molecule has 1 amide bonds. The number of hydrogen-bond acceptors (Lipinski definition) is 5. The van der Waals surface area contributed by atoms with Crippen molar-refractivity contribution in [3.05, 3.63) is 0 Å². The number of hydrogen-bond donors (Lipinski definition) is 4. The number of alkyl carbamates (subject to hydrolysis) is 1. The van der Waals surface area contributed by atoms with Crippen molar-refractivity contribution in [1.82, 2.24) is 10.6 Å². The Morgan fingerprint density at radius 3 is 2.17 bits per heavy atom. The highest BCUT2D eigenvalue weighted by atomic mass is 16.6. The van der Waals surface area contributed by atoms with Gasteiger partial charge in [-0.2, -0.15) is 0 Å². The number of rotatable bonds is 13. The van der Waals surface area contributed by atoms with Gasteiger partial charge < -0.3 is 20.3 Å². The zero-order valence-electron chi connectivity index (χ0n) is 15.3. The number of nitrogens with one attached hydrogen (secondary N) is 2. The van der Waals surface area contributed by atoms with Crippen LogP contribution < -0.4 is 10.6 Å². The number of ether oxygens (including phenoxy) is 1. The Balaban J connectivity index is 3.40. The fourth-order valence-corrected chi connectivity index (χ4v) is 2.14. The van der Waals surface area contributed by atoms with Gasteiger partial charge in [0.25, 0.3) is 0 Å². The molecule has 1 atom stereocenters. The summed E-state index contributed by atoms with van der Waals surface area (Å²) < 4.78 is 5.10. The number of carbonyl (C=O) groups is 2. The smallest absolute Gasteiger partial charge is 0.407 e. The molecule has 0 aromatic carbocycles. The molecule has 7 heteroatoms. The van der Waals surface area contributed by atoms with Crippen molar-refractivity contribution in [2.45, 2.75) is 84.0 Å². The van der Waals surface area contributed by atoms with Crippen LogP contribution in [-0.4, -0.2) is 47.2 Å². The number of aliphatic hydroxyl groups excluding tert-OH is 1. The molecule has 0 bridgehead atoms. The molecule has 142 valence electrons. The number of carboxylic acids is 1. The van der Waals surface area contributed by atoms with E-state index < -0.39 is 23.9 Å². The molecule has 0 aliphatic carbocycles. The lowest BCUT2D eigenvalue weighted by molar-refractivity contribution is -0.137. The SMILES string of the molecule is CC(C)(C)OC(=O)NCCNC(O)CCCCCCCCC(=O)O. The standard InChI is InChI=1S/C17H34N2O5/c1-17(2,3)24-16(23)19-13-12-18-14(20)10-8-6-4-5-7-9-11-15(21)22/h14,18,20H,4-13H2,1-3H3,(H,19,23)(H,21,22). The lowest BCUT2D eigenvalue weighted by Crippen LogP contribution is -2.39. The number of amides is 1. The summed E-state index contributed by atoms with van der Waals surface area (Å²) in [5, 5.41) is 23.9. The minimum atomic E-state index is -0.731. The highest BCUT2D eigenvalue weighted by Crippen LogP contribution is 2.09. The molecule has 0 aliphatic rings. The second-order valence-electron chi connectivity index (χ2n) is 6.95. The van der Waals surface area contributed by atoms with E-state index in [9.17, 15) is 14.7 Å². The Morgan fingerprint density at radius 1 is 1.00 bits per heavy atom. The van der Waals surface area contributed by atoms with Gasteiger partial charge in [0, 0.05) is 19.5 Å². The van der Waals surface area contributed by atoms with Gasteiger partial charge in [0.1, 0.15) is 11.8 Å². The van der Waals surface area contributed by atoms with Crippen molar-refractivity contribution in [2.75, 3.05) is 13.1 Å². The van der Waals surface area contributed by atoms with Crippen LogP contribution >= 0.6 is 0 Å². The summed E-state index contributed by atoms with van der Waals surface area (Å²) in [5.41, 5.74) is -0.509. The van der Waals surface area contributed by atoms with Gasteiger partial charge in [-0.25, -0.2) is 4.79 Å². The third-order valence-corrected chi connectivity index (χ3v) is 3.29. The zero-order chi connectivity index (χ0) is 18.4. The van der Waals surface area contributed by atoms with Gasteiger partial charge in [-0.15, -0.1) is 0 Å². The molecule has 1 unspecified atom stereocenters. The van der Waals surface area contributed by atoms with E-state index in [1.54, 1.807) is 20.8 Å². The molecular formula is C17H34N2O5. The Hall–Kier alpha value is -1.34. The normalized spacial score (nSPS) is 12.7. The van der Waals surface area contributed by atoms with Crippen LogP contribution in [-0.2, 0) is 9.53 Å². The molecule has 0 saturated carbocycles. The third-order valence-electron chi connectivity index (χ3n) is 3.29. The molecule has 0 aromatic heterocycles. The lowest BCUT2D eigenvalue weighted by Gasteiger charge is -2.20. The summed E-state index contributed by atoms with van der Waals surface area (Å²) >= 11 is 0. The average molecular weight is 346 g/mol. The van der Waals surface area contributed by atoms with E-state index >= 15 is 0 Å². The van der Waals surface area contributed by atoms with Crippen molar-refractivity contribution in [1.29, 1.82) is 0 Å². The minimum Gasteiger partial charge on any atom is -0.481 e. The monoisotopic (exact) mass is 346 g/mol. The van der Waals surface area contributed by atoms with Gasteiger partial charge in [-0.05, 0) is 40.0 Å². The Kier molecular flexibility index (Phi) is 12.3. The molecule has 0 saturated heterocycles. The molecule has 0 fully saturated rings. The third kappa shape index (κ3) is 17.0. The quantitative estimate of drug-likeness (QED) is 0.302. The predicted molar refractivity (Wildman–Crippen MR) is 92.8 cm³/mol. The summed E-state index contributed by atoms with van der Waals surface area (Å²) in [4.78, 5) is 21.8. The van der Waals surface area contributed by atoms with Crippen molar-refractivity contribution in [2.24, 2.45) is 0 Å². The van der Waals surface area contributed by atoms with Crippen LogP contribution in [0.15, 0.2) is 0 Å². The fraction of sp³-hybridized carbons (Fsp3) is 0.882. The van der Waals surface area contributed by atoms with Crippen molar-refractivity contribution in [3.63, 3.8) is 0 Å². The van der Waals surface area contributed by atoms with Gasteiger partial charge in [-0.1, -0.05) is 25.7 Å². The molecular weight excluding hydrogens is 312 g/mol. The van der Waals surface area contributed by atoms with Crippen LogP contribution in [0, 0.1) is 0 Å². The molecule has 0 aromatic rings. The van der Waals surface area contributed by atoms with Gasteiger partial charge in [-0.3, -0.25) is 10.1 Å². The first-order valence-corrected chi connectivity index (χ1v) is 8.81. The highest BCUT2D eigenvalue weighted by molar-refractivity contribution is 5.67. The van der Waals surface area contributed by atoms with E-state index in [1.807, 2.05) is 0 Å². The van der Waals surface area contributed by atoms with Gasteiger partial charge >= 0.3 is 12.1 Å². The van der Waals surface area contributed by atoms with Crippen LogP contribution in [0.25, 0.3) is 0 Å². The molecule has 0 aliphatic heterocycles. The lowest BCUT2D eigenvalue weighted by atomic mass is 10.1. The molecule has 4 N–H and O–H groups in total. The maximum absolute atomic E-state index is 11.4. The largest absolute Gasteiger partial charge is 0.481 e. The van der Waals surface area contributed by atoms with E-state index in [2.05, 4.69) is 10.6 Å². The number of aliphatic carboxylic acids is 1. The van der Waals surface area contributed by atoms with E-state index in [4.69, 9.17) is 9.84 Å².